The fourth-order valence-corrected chi connectivity index (χ4v) is 3.07. The van der Waals surface area contributed by atoms with E-state index in [2.05, 4.69) is 15.9 Å². The lowest BCUT2D eigenvalue weighted by Gasteiger charge is -2.18. The molecule has 2 rings (SSSR count). The highest BCUT2D eigenvalue weighted by Gasteiger charge is 2.35. The molecule has 1 unspecified atom stereocenters. The van der Waals surface area contributed by atoms with Crippen LogP contribution in [0.25, 0.3) is 0 Å². The lowest BCUT2D eigenvalue weighted by Crippen LogP contribution is -2.11. The van der Waals surface area contributed by atoms with E-state index in [1.54, 1.807) is 6.07 Å². The highest BCUT2D eigenvalue weighted by molar-refractivity contribution is 9.10. The zero-order valence-electron chi connectivity index (χ0n) is 10.2. The summed E-state index contributed by atoms with van der Waals surface area (Å²) < 4.78 is 39.8. The fraction of sp³-hybridized carbons (Fsp3) is 0.143. The molecule has 0 aliphatic carbocycles. The molecule has 0 aliphatic heterocycles. The van der Waals surface area contributed by atoms with Crippen molar-refractivity contribution in [3.05, 3.63) is 67.6 Å². The lowest BCUT2D eigenvalue weighted by atomic mass is 9.99. The van der Waals surface area contributed by atoms with Crippen LogP contribution < -0.4 is 0 Å². The third-order valence-electron chi connectivity index (χ3n) is 2.82. The van der Waals surface area contributed by atoms with Gasteiger partial charge in [-0.15, -0.1) is 11.6 Å². The van der Waals surface area contributed by atoms with Crippen molar-refractivity contribution in [3.63, 3.8) is 0 Å². The molecule has 0 saturated carbocycles. The first kappa shape index (κ1) is 16.9. The largest absolute Gasteiger partial charge is 0.416 e. The molecular weight excluding hydrogens is 411 g/mol. The van der Waals surface area contributed by atoms with E-state index in [0.717, 1.165) is 6.07 Å². The summed E-state index contributed by atoms with van der Waals surface area (Å²) >= 11 is 21.1. The van der Waals surface area contributed by atoms with Gasteiger partial charge in [0.05, 0.1) is 10.9 Å². The van der Waals surface area contributed by atoms with E-state index in [-0.39, 0.29) is 10.6 Å². The minimum atomic E-state index is -4.52. The Labute approximate surface area is 142 Å². The highest BCUT2D eigenvalue weighted by atomic mass is 79.9. The van der Waals surface area contributed by atoms with Crippen molar-refractivity contribution in [1.29, 1.82) is 0 Å². The van der Waals surface area contributed by atoms with Gasteiger partial charge < -0.3 is 0 Å². The molecule has 0 fully saturated rings. The Morgan fingerprint density at radius 1 is 0.952 bits per heavy atom. The minimum absolute atomic E-state index is 0.0727. The first-order valence-electron chi connectivity index (χ1n) is 5.66. The molecule has 2 aromatic carbocycles. The van der Waals surface area contributed by atoms with Crippen molar-refractivity contribution in [1.82, 2.24) is 0 Å². The third-order valence-corrected chi connectivity index (χ3v) is 4.37. The van der Waals surface area contributed by atoms with Gasteiger partial charge in [-0.05, 0) is 41.5 Å². The average molecular weight is 418 g/mol. The molecule has 0 N–H and O–H groups in total. The summed E-state index contributed by atoms with van der Waals surface area (Å²) in [5, 5.41) is -0.443. The molecule has 0 radical (unpaired) electrons. The van der Waals surface area contributed by atoms with Crippen LogP contribution in [0.5, 0.6) is 0 Å². The van der Waals surface area contributed by atoms with Crippen LogP contribution in [-0.2, 0) is 6.18 Å². The molecule has 7 heteroatoms. The van der Waals surface area contributed by atoms with Crippen molar-refractivity contribution >= 4 is 50.7 Å². The summed E-state index contributed by atoms with van der Waals surface area (Å²) in [6.07, 6.45) is -4.52. The molecule has 0 amide bonds. The van der Waals surface area contributed by atoms with E-state index in [1.807, 2.05) is 0 Å². The Morgan fingerprint density at radius 2 is 1.62 bits per heavy atom. The van der Waals surface area contributed by atoms with Gasteiger partial charge in [-0.1, -0.05) is 45.2 Å². The Hall–Kier alpha value is -0.420. The molecule has 0 saturated heterocycles. The van der Waals surface area contributed by atoms with Crippen molar-refractivity contribution in [3.8, 4) is 0 Å². The van der Waals surface area contributed by atoms with E-state index >= 15 is 0 Å². The second-order valence-electron chi connectivity index (χ2n) is 4.26. The number of hydrogen-bond donors (Lipinski definition) is 0. The Balaban J connectivity index is 2.58. The Morgan fingerprint density at radius 3 is 2.24 bits per heavy atom. The second kappa shape index (κ2) is 6.37. The minimum Gasteiger partial charge on any atom is -0.166 e. The zero-order chi connectivity index (χ0) is 15.8. The van der Waals surface area contributed by atoms with Crippen LogP contribution in [0.3, 0.4) is 0 Å². The summed E-state index contributed by atoms with van der Waals surface area (Å²) in [4.78, 5) is 0. The quantitative estimate of drug-likeness (QED) is 0.456. The third kappa shape index (κ3) is 3.86. The van der Waals surface area contributed by atoms with Crippen LogP contribution in [-0.4, -0.2) is 0 Å². The number of benzene rings is 2. The smallest absolute Gasteiger partial charge is 0.166 e. The predicted octanol–water partition coefficient (Wildman–Crippen LogP) is 7.10. The van der Waals surface area contributed by atoms with Gasteiger partial charge in [-0.3, -0.25) is 0 Å². The summed E-state index contributed by atoms with van der Waals surface area (Å²) in [6, 6.07) is 8.32. The number of rotatable bonds is 2. The molecular formula is C14H7BrCl3F3. The van der Waals surface area contributed by atoms with Gasteiger partial charge in [0.25, 0.3) is 0 Å². The zero-order valence-corrected chi connectivity index (χ0v) is 14.0. The van der Waals surface area contributed by atoms with Crippen LogP contribution in [0.1, 0.15) is 22.1 Å². The van der Waals surface area contributed by atoms with Gasteiger partial charge in [0, 0.05) is 14.5 Å². The second-order valence-corrected chi connectivity index (χ2v) is 6.45. The first-order valence-corrected chi connectivity index (χ1v) is 7.64. The maximum absolute atomic E-state index is 13.1. The Kier molecular flexibility index (Phi) is 5.14. The first-order chi connectivity index (χ1) is 9.70. The molecule has 0 spiro atoms. The number of hydrogen-bond acceptors (Lipinski definition) is 0. The molecule has 112 valence electrons. The van der Waals surface area contributed by atoms with E-state index < -0.39 is 17.1 Å². The topological polar surface area (TPSA) is 0 Å². The van der Waals surface area contributed by atoms with Gasteiger partial charge in [0.15, 0.2) is 0 Å². The molecule has 0 bridgehead atoms. The molecule has 21 heavy (non-hydrogen) atoms. The lowest BCUT2D eigenvalue weighted by molar-refractivity contribution is -0.138. The summed E-state index contributed by atoms with van der Waals surface area (Å²) in [7, 11) is 0. The van der Waals surface area contributed by atoms with Gasteiger partial charge in [-0.2, -0.15) is 13.2 Å². The predicted molar refractivity (Wildman–Crippen MR) is 83.3 cm³/mol. The summed E-state index contributed by atoms with van der Waals surface area (Å²) in [6.45, 7) is 0. The number of halogens is 7. The van der Waals surface area contributed by atoms with Crippen LogP contribution >= 0.6 is 50.7 Å². The van der Waals surface area contributed by atoms with Gasteiger partial charge in [0.2, 0.25) is 0 Å². The molecule has 0 aromatic heterocycles. The van der Waals surface area contributed by atoms with Crippen molar-refractivity contribution in [2.45, 2.75) is 11.6 Å². The molecule has 0 heterocycles. The van der Waals surface area contributed by atoms with E-state index in [1.165, 1.54) is 24.3 Å². The fourth-order valence-electron chi connectivity index (χ4n) is 1.87. The van der Waals surface area contributed by atoms with E-state index in [4.69, 9.17) is 34.8 Å². The summed E-state index contributed by atoms with van der Waals surface area (Å²) in [5.74, 6) is 0. The van der Waals surface area contributed by atoms with Crippen molar-refractivity contribution in [2.75, 3.05) is 0 Å². The highest BCUT2D eigenvalue weighted by Crippen LogP contribution is 2.42. The normalized spacial score (nSPS) is 13.3. The van der Waals surface area contributed by atoms with Crippen LogP contribution in [0, 0.1) is 0 Å². The molecule has 0 aliphatic rings. The van der Waals surface area contributed by atoms with E-state index in [0.29, 0.717) is 15.1 Å². The number of alkyl halides is 4. The van der Waals surface area contributed by atoms with Crippen molar-refractivity contribution < 1.29 is 13.2 Å². The van der Waals surface area contributed by atoms with Crippen LogP contribution in [0.4, 0.5) is 13.2 Å². The summed E-state index contributed by atoms with van der Waals surface area (Å²) in [5.41, 5.74) is -0.553. The van der Waals surface area contributed by atoms with E-state index in [9.17, 15) is 13.2 Å². The Bertz CT molecular complexity index is 671. The van der Waals surface area contributed by atoms with Crippen LogP contribution in [0.15, 0.2) is 40.9 Å². The molecule has 1 atom stereocenters. The van der Waals surface area contributed by atoms with Gasteiger partial charge in [-0.25, -0.2) is 0 Å². The molecule has 0 nitrogen and oxygen atoms in total. The van der Waals surface area contributed by atoms with Crippen molar-refractivity contribution in [2.24, 2.45) is 0 Å². The average Bonchev–Trinajstić information content (AvgIpc) is 2.40. The van der Waals surface area contributed by atoms with Crippen LogP contribution in [0.2, 0.25) is 10.0 Å². The maximum Gasteiger partial charge on any atom is 0.416 e. The maximum atomic E-state index is 13.1. The standard InChI is InChI=1S/C14H7BrCl3F3/c15-7-1-3-9(11(5-7)14(19,20)21)13(18)10-6-8(16)2-4-12(10)17/h1-6,13H. The SMILES string of the molecule is FC(F)(F)c1cc(Br)ccc1C(Cl)c1cc(Cl)ccc1Cl. The van der Waals surface area contributed by atoms with Gasteiger partial charge >= 0.3 is 6.18 Å². The van der Waals surface area contributed by atoms with Gasteiger partial charge in [0.1, 0.15) is 0 Å². The molecule has 2 aromatic rings. The monoisotopic (exact) mass is 416 g/mol.